The van der Waals surface area contributed by atoms with Gasteiger partial charge in [0, 0.05) is 32.2 Å². The Labute approximate surface area is 87.7 Å². The van der Waals surface area contributed by atoms with E-state index in [-0.39, 0.29) is 6.10 Å². The Morgan fingerprint density at radius 1 is 1.14 bits per heavy atom. The highest BCUT2D eigenvalue weighted by atomic mass is 16.3. The standard InChI is InChI=1S/C11H24N2O/c1-4-11(14)10(3)13-8-6-12(5-2)7-9-13/h10-11,14H,4-9H2,1-3H3. The van der Waals surface area contributed by atoms with Gasteiger partial charge in [-0.2, -0.15) is 0 Å². The molecular formula is C11H24N2O. The van der Waals surface area contributed by atoms with Gasteiger partial charge in [0.15, 0.2) is 0 Å². The monoisotopic (exact) mass is 200 g/mol. The predicted octanol–water partition coefficient (Wildman–Crippen LogP) is 0.783. The summed E-state index contributed by atoms with van der Waals surface area (Å²) in [4.78, 5) is 4.86. The van der Waals surface area contributed by atoms with E-state index in [0.717, 1.165) is 39.1 Å². The van der Waals surface area contributed by atoms with E-state index in [1.54, 1.807) is 0 Å². The van der Waals surface area contributed by atoms with Crippen molar-refractivity contribution < 1.29 is 5.11 Å². The van der Waals surface area contributed by atoms with Crippen molar-refractivity contribution in [1.29, 1.82) is 0 Å². The first-order valence-electron chi connectivity index (χ1n) is 5.83. The highest BCUT2D eigenvalue weighted by Gasteiger charge is 2.23. The molecule has 0 amide bonds. The normalized spacial score (nSPS) is 24.9. The zero-order valence-corrected chi connectivity index (χ0v) is 9.74. The van der Waals surface area contributed by atoms with Gasteiger partial charge in [-0.25, -0.2) is 0 Å². The summed E-state index contributed by atoms with van der Waals surface area (Å²) in [5.41, 5.74) is 0. The molecule has 0 radical (unpaired) electrons. The quantitative estimate of drug-likeness (QED) is 0.726. The van der Waals surface area contributed by atoms with Crippen LogP contribution < -0.4 is 0 Å². The van der Waals surface area contributed by atoms with E-state index in [2.05, 4.69) is 23.6 Å². The SMILES string of the molecule is CCC(O)C(C)N1CCN(CC)CC1. The minimum Gasteiger partial charge on any atom is -0.392 e. The van der Waals surface area contributed by atoms with Crippen LogP contribution in [0.15, 0.2) is 0 Å². The largest absolute Gasteiger partial charge is 0.392 e. The fourth-order valence-electron chi connectivity index (χ4n) is 2.07. The molecular weight excluding hydrogens is 176 g/mol. The Morgan fingerprint density at radius 2 is 1.71 bits per heavy atom. The molecule has 0 saturated carbocycles. The third kappa shape index (κ3) is 2.94. The van der Waals surface area contributed by atoms with Crippen LogP contribution in [0.4, 0.5) is 0 Å². The Bertz CT molecular complexity index is 155. The number of piperazine rings is 1. The fraction of sp³-hybridized carbons (Fsp3) is 1.00. The zero-order chi connectivity index (χ0) is 10.6. The van der Waals surface area contributed by atoms with Crippen LogP contribution in [0, 0.1) is 0 Å². The predicted molar refractivity (Wildman–Crippen MR) is 59.4 cm³/mol. The number of nitrogens with zero attached hydrogens (tertiary/aromatic N) is 2. The maximum absolute atomic E-state index is 9.75. The van der Waals surface area contributed by atoms with Crippen LogP contribution in [0.5, 0.6) is 0 Å². The van der Waals surface area contributed by atoms with Crippen molar-refractivity contribution in [3.63, 3.8) is 0 Å². The Hall–Kier alpha value is -0.120. The van der Waals surface area contributed by atoms with Crippen molar-refractivity contribution in [2.45, 2.75) is 39.3 Å². The number of aliphatic hydroxyl groups excluding tert-OH is 1. The van der Waals surface area contributed by atoms with E-state index in [1.165, 1.54) is 0 Å². The van der Waals surface area contributed by atoms with Gasteiger partial charge < -0.3 is 10.0 Å². The number of rotatable bonds is 4. The van der Waals surface area contributed by atoms with E-state index in [0.29, 0.717) is 6.04 Å². The van der Waals surface area contributed by atoms with Crippen LogP contribution in [-0.4, -0.2) is 59.8 Å². The van der Waals surface area contributed by atoms with Crippen molar-refractivity contribution in [3.8, 4) is 0 Å². The molecule has 1 heterocycles. The lowest BCUT2D eigenvalue weighted by molar-refractivity contribution is 0.0266. The van der Waals surface area contributed by atoms with Gasteiger partial charge in [0.2, 0.25) is 0 Å². The molecule has 2 atom stereocenters. The first kappa shape index (κ1) is 12.0. The first-order chi connectivity index (χ1) is 6.69. The third-order valence-corrected chi connectivity index (χ3v) is 3.41. The topological polar surface area (TPSA) is 26.7 Å². The lowest BCUT2D eigenvalue weighted by Gasteiger charge is -2.39. The van der Waals surface area contributed by atoms with Gasteiger partial charge in [0.25, 0.3) is 0 Å². The molecule has 0 aromatic rings. The Morgan fingerprint density at radius 3 is 2.14 bits per heavy atom. The first-order valence-corrected chi connectivity index (χ1v) is 5.83. The van der Waals surface area contributed by atoms with E-state index in [9.17, 15) is 5.11 Å². The maximum atomic E-state index is 9.75. The highest BCUT2D eigenvalue weighted by Crippen LogP contribution is 2.10. The van der Waals surface area contributed by atoms with Gasteiger partial charge in [-0.15, -0.1) is 0 Å². The molecule has 1 aliphatic rings. The molecule has 0 bridgehead atoms. The van der Waals surface area contributed by atoms with Gasteiger partial charge in [-0.3, -0.25) is 4.90 Å². The number of likely N-dealkylation sites (N-methyl/N-ethyl adjacent to an activating group) is 1. The summed E-state index contributed by atoms with van der Waals surface area (Å²) in [5, 5.41) is 9.75. The van der Waals surface area contributed by atoms with Crippen LogP contribution in [0.3, 0.4) is 0 Å². The van der Waals surface area contributed by atoms with Gasteiger partial charge in [0.05, 0.1) is 6.10 Å². The van der Waals surface area contributed by atoms with Gasteiger partial charge in [0.1, 0.15) is 0 Å². The Kier molecular flexibility index (Phi) is 4.85. The summed E-state index contributed by atoms with van der Waals surface area (Å²) in [6.45, 7) is 12.0. The summed E-state index contributed by atoms with van der Waals surface area (Å²) >= 11 is 0. The van der Waals surface area contributed by atoms with Crippen molar-refractivity contribution in [2.24, 2.45) is 0 Å². The average Bonchev–Trinajstić information content (AvgIpc) is 2.27. The molecule has 0 aromatic heterocycles. The van der Waals surface area contributed by atoms with Gasteiger partial charge in [-0.1, -0.05) is 13.8 Å². The summed E-state index contributed by atoms with van der Waals surface area (Å²) < 4.78 is 0. The number of hydrogen-bond acceptors (Lipinski definition) is 3. The van der Waals surface area contributed by atoms with E-state index in [4.69, 9.17) is 0 Å². The molecule has 14 heavy (non-hydrogen) atoms. The zero-order valence-electron chi connectivity index (χ0n) is 9.74. The molecule has 0 aliphatic carbocycles. The molecule has 1 fully saturated rings. The molecule has 1 N–H and O–H groups in total. The lowest BCUT2D eigenvalue weighted by atomic mass is 10.1. The fourth-order valence-corrected chi connectivity index (χ4v) is 2.07. The van der Waals surface area contributed by atoms with E-state index < -0.39 is 0 Å². The molecule has 0 aromatic carbocycles. The van der Waals surface area contributed by atoms with Crippen LogP contribution in [0.25, 0.3) is 0 Å². The molecule has 0 spiro atoms. The molecule has 1 aliphatic heterocycles. The summed E-state index contributed by atoms with van der Waals surface area (Å²) in [5.74, 6) is 0. The number of hydrogen-bond donors (Lipinski definition) is 1. The molecule has 2 unspecified atom stereocenters. The van der Waals surface area contributed by atoms with Crippen LogP contribution in [0.1, 0.15) is 27.2 Å². The molecule has 1 saturated heterocycles. The van der Waals surface area contributed by atoms with Crippen molar-refractivity contribution in [2.75, 3.05) is 32.7 Å². The number of aliphatic hydroxyl groups is 1. The minimum atomic E-state index is -0.164. The van der Waals surface area contributed by atoms with Crippen LogP contribution in [-0.2, 0) is 0 Å². The molecule has 3 nitrogen and oxygen atoms in total. The van der Waals surface area contributed by atoms with E-state index >= 15 is 0 Å². The second kappa shape index (κ2) is 5.69. The van der Waals surface area contributed by atoms with Gasteiger partial charge in [-0.05, 0) is 19.9 Å². The summed E-state index contributed by atoms with van der Waals surface area (Å²) in [6.07, 6.45) is 0.693. The summed E-state index contributed by atoms with van der Waals surface area (Å²) in [7, 11) is 0. The van der Waals surface area contributed by atoms with Crippen molar-refractivity contribution in [1.82, 2.24) is 9.80 Å². The molecule has 84 valence electrons. The van der Waals surface area contributed by atoms with Crippen molar-refractivity contribution in [3.05, 3.63) is 0 Å². The van der Waals surface area contributed by atoms with Crippen molar-refractivity contribution >= 4 is 0 Å². The van der Waals surface area contributed by atoms with Gasteiger partial charge >= 0.3 is 0 Å². The third-order valence-electron chi connectivity index (χ3n) is 3.41. The summed E-state index contributed by atoms with van der Waals surface area (Å²) in [6, 6.07) is 0.319. The highest BCUT2D eigenvalue weighted by molar-refractivity contribution is 4.79. The minimum absolute atomic E-state index is 0.164. The average molecular weight is 200 g/mol. The second-order valence-corrected chi connectivity index (χ2v) is 4.19. The molecule has 1 rings (SSSR count). The lowest BCUT2D eigenvalue weighted by Crippen LogP contribution is -2.52. The van der Waals surface area contributed by atoms with E-state index in [1.807, 2.05) is 6.92 Å². The molecule has 3 heteroatoms. The van der Waals surface area contributed by atoms with Crippen LogP contribution in [0.2, 0.25) is 0 Å². The smallest absolute Gasteiger partial charge is 0.0690 e. The Balaban J connectivity index is 2.33. The second-order valence-electron chi connectivity index (χ2n) is 4.19. The maximum Gasteiger partial charge on any atom is 0.0690 e. The van der Waals surface area contributed by atoms with Crippen LogP contribution >= 0.6 is 0 Å².